The van der Waals surface area contributed by atoms with E-state index in [0.29, 0.717) is 19.4 Å². The van der Waals surface area contributed by atoms with Gasteiger partial charge in [-0.1, -0.05) is 12.1 Å². The molecule has 1 aliphatic heterocycles. The largest absolute Gasteiger partial charge is 0.480 e. The quantitative estimate of drug-likeness (QED) is 0.412. The Morgan fingerprint density at radius 1 is 1.24 bits per heavy atom. The van der Waals surface area contributed by atoms with Crippen molar-refractivity contribution in [1.29, 1.82) is 0 Å². The van der Waals surface area contributed by atoms with Crippen LogP contribution < -0.4 is 10.6 Å². The van der Waals surface area contributed by atoms with Crippen molar-refractivity contribution < 1.29 is 19.4 Å². The molecule has 1 unspecified atom stereocenters. The second-order valence-corrected chi connectivity index (χ2v) is 9.31. The predicted octanol–water partition coefficient (Wildman–Crippen LogP) is 3.17. The molecule has 2 aliphatic rings. The molecule has 2 aromatic heterocycles. The average Bonchev–Trinajstić information content (AvgIpc) is 3.64. The predicted molar refractivity (Wildman–Crippen MR) is 129 cm³/mol. The van der Waals surface area contributed by atoms with Gasteiger partial charge in [0.15, 0.2) is 0 Å². The second kappa shape index (κ2) is 11.0. The monoisotopic (exact) mass is 466 g/mol. The highest BCUT2D eigenvalue weighted by Gasteiger charge is 2.53. The van der Waals surface area contributed by atoms with Gasteiger partial charge in [-0.3, -0.25) is 9.78 Å². The summed E-state index contributed by atoms with van der Waals surface area (Å²) in [6.45, 7) is 3.75. The molecule has 0 radical (unpaired) electrons. The summed E-state index contributed by atoms with van der Waals surface area (Å²) in [5, 5.41) is 15.7. The van der Waals surface area contributed by atoms with E-state index in [1.54, 1.807) is 6.20 Å². The lowest BCUT2D eigenvalue weighted by Gasteiger charge is -2.20. The molecule has 8 nitrogen and oxygen atoms in total. The topological polar surface area (TPSA) is 113 Å². The molecule has 1 amide bonds. The molecule has 34 heavy (non-hydrogen) atoms. The van der Waals surface area contributed by atoms with Crippen LogP contribution in [0.2, 0.25) is 0 Å². The third-order valence-electron chi connectivity index (χ3n) is 6.73. The summed E-state index contributed by atoms with van der Waals surface area (Å²) in [5.74, 6) is -0.278. The van der Waals surface area contributed by atoms with Crippen LogP contribution in [0.15, 0.2) is 30.5 Å². The van der Waals surface area contributed by atoms with E-state index in [9.17, 15) is 14.7 Å². The molecule has 0 saturated heterocycles. The molecule has 4 rings (SSSR count). The summed E-state index contributed by atoms with van der Waals surface area (Å²) in [7, 11) is 0. The number of carboxylic acids is 1. The number of fused-ring (bicyclic) bond motifs is 1. The number of carboxylic acid groups (broad SMARTS) is 1. The number of anilines is 1. The Morgan fingerprint density at radius 2 is 2.09 bits per heavy atom. The molecule has 1 fully saturated rings. The van der Waals surface area contributed by atoms with E-state index in [1.165, 1.54) is 5.56 Å². The van der Waals surface area contributed by atoms with Gasteiger partial charge < -0.3 is 20.5 Å². The minimum absolute atomic E-state index is 0.233. The van der Waals surface area contributed by atoms with Crippen LogP contribution in [-0.2, 0) is 32.6 Å². The van der Waals surface area contributed by atoms with Crippen molar-refractivity contribution in [3.05, 3.63) is 53.0 Å². The fourth-order valence-electron chi connectivity index (χ4n) is 4.56. The lowest BCUT2D eigenvalue weighted by molar-refractivity contribution is -0.142. The minimum Gasteiger partial charge on any atom is -0.480 e. The summed E-state index contributed by atoms with van der Waals surface area (Å²) in [5.41, 5.74) is 3.38. The van der Waals surface area contributed by atoms with E-state index in [2.05, 4.69) is 27.8 Å². The number of aryl methyl sites for hydroxylation is 3. The molecule has 3 N–H and O–H groups in total. The van der Waals surface area contributed by atoms with Gasteiger partial charge in [0, 0.05) is 38.1 Å². The Labute approximate surface area is 200 Å². The highest BCUT2D eigenvalue weighted by atomic mass is 16.5. The second-order valence-electron chi connectivity index (χ2n) is 9.31. The normalized spacial score (nSPS) is 16.7. The third kappa shape index (κ3) is 5.73. The van der Waals surface area contributed by atoms with Crippen LogP contribution in [-0.4, -0.2) is 52.8 Å². The summed E-state index contributed by atoms with van der Waals surface area (Å²) in [6, 6.07) is 7.07. The van der Waals surface area contributed by atoms with E-state index in [0.717, 1.165) is 61.4 Å². The van der Waals surface area contributed by atoms with Crippen molar-refractivity contribution in [3.63, 3.8) is 0 Å². The number of carbonyl (C=O) groups excluding carboxylic acids is 1. The van der Waals surface area contributed by atoms with E-state index in [1.807, 2.05) is 19.1 Å². The smallest absolute Gasteiger partial charge is 0.326 e. The first-order valence-electron chi connectivity index (χ1n) is 12.3. The third-order valence-corrected chi connectivity index (χ3v) is 6.73. The molecule has 3 heterocycles. The Bertz CT molecular complexity index is 1020. The zero-order valence-electron chi connectivity index (χ0n) is 19.8. The Balaban J connectivity index is 1.16. The number of aliphatic carboxylic acids is 1. The molecule has 0 bridgehead atoms. The number of rotatable bonds is 12. The number of pyridine rings is 2. The SMILES string of the molecule is Cc1cccnc1C1(C(=O)NC(CCOCCCCc2ccc3c(n2)NCCC3)C(=O)O)CC1. The summed E-state index contributed by atoms with van der Waals surface area (Å²) in [4.78, 5) is 33.7. The Hall–Kier alpha value is -3.00. The van der Waals surface area contributed by atoms with Gasteiger partial charge in [-0.05, 0) is 75.1 Å². The van der Waals surface area contributed by atoms with Crippen LogP contribution in [0.4, 0.5) is 5.82 Å². The van der Waals surface area contributed by atoms with Gasteiger partial charge in [0.1, 0.15) is 11.9 Å². The van der Waals surface area contributed by atoms with Gasteiger partial charge in [-0.25, -0.2) is 9.78 Å². The summed E-state index contributed by atoms with van der Waals surface area (Å²) < 4.78 is 5.67. The number of hydrogen-bond donors (Lipinski definition) is 3. The summed E-state index contributed by atoms with van der Waals surface area (Å²) >= 11 is 0. The molecule has 2 aromatic rings. The van der Waals surface area contributed by atoms with Gasteiger partial charge in [0.25, 0.3) is 0 Å². The average molecular weight is 467 g/mol. The van der Waals surface area contributed by atoms with Crippen LogP contribution in [0, 0.1) is 6.92 Å². The van der Waals surface area contributed by atoms with Crippen molar-refractivity contribution >= 4 is 17.7 Å². The van der Waals surface area contributed by atoms with Gasteiger partial charge in [0.05, 0.1) is 11.1 Å². The van der Waals surface area contributed by atoms with Crippen LogP contribution in [0.5, 0.6) is 0 Å². The lowest BCUT2D eigenvalue weighted by atomic mass is 9.96. The molecule has 0 aromatic carbocycles. The highest BCUT2D eigenvalue weighted by molar-refractivity contribution is 5.93. The molecule has 182 valence electrons. The molecular formula is C26H34N4O4. The maximum atomic E-state index is 12.9. The molecule has 1 aliphatic carbocycles. The Kier molecular flexibility index (Phi) is 7.77. The van der Waals surface area contributed by atoms with Crippen molar-refractivity contribution in [2.75, 3.05) is 25.1 Å². The zero-order valence-corrected chi connectivity index (χ0v) is 19.8. The molecule has 1 saturated carbocycles. The van der Waals surface area contributed by atoms with Crippen molar-refractivity contribution in [2.24, 2.45) is 0 Å². The van der Waals surface area contributed by atoms with Crippen LogP contribution in [0.3, 0.4) is 0 Å². The van der Waals surface area contributed by atoms with Gasteiger partial charge in [-0.2, -0.15) is 0 Å². The molecule has 1 atom stereocenters. The van der Waals surface area contributed by atoms with Gasteiger partial charge in [0.2, 0.25) is 5.91 Å². The number of nitrogens with zero attached hydrogens (tertiary/aromatic N) is 2. The van der Waals surface area contributed by atoms with E-state index < -0.39 is 17.4 Å². The number of nitrogens with one attached hydrogen (secondary N) is 2. The van der Waals surface area contributed by atoms with Gasteiger partial charge in [-0.15, -0.1) is 0 Å². The standard InChI is InChI=1S/C26H34N4O4/c1-18-6-4-14-27-22(18)26(12-13-26)25(33)30-21(24(31)32)11-17-34-16-3-2-8-20-10-9-19-7-5-15-28-23(19)29-20/h4,6,9-10,14,21H,2-3,5,7-8,11-13,15-17H2,1H3,(H,28,29)(H,30,33)(H,31,32). The number of amides is 1. The number of aromatic nitrogens is 2. The van der Waals surface area contributed by atoms with Crippen molar-refractivity contribution in [2.45, 2.75) is 69.7 Å². The lowest BCUT2D eigenvalue weighted by Crippen LogP contribution is -2.46. The van der Waals surface area contributed by atoms with Crippen LogP contribution in [0.25, 0.3) is 0 Å². The minimum atomic E-state index is -1.04. The highest BCUT2D eigenvalue weighted by Crippen LogP contribution is 2.48. The number of carbonyl (C=O) groups is 2. The van der Waals surface area contributed by atoms with Crippen LogP contribution >= 0.6 is 0 Å². The number of unbranched alkanes of at least 4 members (excludes halogenated alkanes) is 1. The molecule has 0 spiro atoms. The fourth-order valence-corrected chi connectivity index (χ4v) is 4.56. The first-order chi connectivity index (χ1) is 16.5. The van der Waals surface area contributed by atoms with Gasteiger partial charge >= 0.3 is 5.97 Å². The zero-order chi connectivity index (χ0) is 24.0. The first kappa shape index (κ1) is 24.1. The van der Waals surface area contributed by atoms with E-state index in [-0.39, 0.29) is 18.9 Å². The van der Waals surface area contributed by atoms with E-state index >= 15 is 0 Å². The fraction of sp³-hybridized carbons (Fsp3) is 0.538. The first-order valence-corrected chi connectivity index (χ1v) is 12.3. The molecule has 8 heteroatoms. The summed E-state index contributed by atoms with van der Waals surface area (Å²) in [6.07, 6.45) is 8.25. The van der Waals surface area contributed by atoms with E-state index in [4.69, 9.17) is 9.72 Å². The Morgan fingerprint density at radius 3 is 2.85 bits per heavy atom. The maximum absolute atomic E-state index is 12.9. The number of hydrogen-bond acceptors (Lipinski definition) is 6. The van der Waals surface area contributed by atoms with Crippen molar-refractivity contribution in [1.82, 2.24) is 15.3 Å². The number of ether oxygens (including phenoxy) is 1. The van der Waals surface area contributed by atoms with Crippen LogP contribution in [0.1, 0.15) is 61.0 Å². The van der Waals surface area contributed by atoms with Crippen molar-refractivity contribution in [3.8, 4) is 0 Å². The molecular weight excluding hydrogens is 432 g/mol. The maximum Gasteiger partial charge on any atom is 0.326 e.